The van der Waals surface area contributed by atoms with Crippen LogP contribution in [0.4, 0.5) is 5.69 Å². The van der Waals surface area contributed by atoms with Crippen molar-refractivity contribution < 1.29 is 14.1 Å². The van der Waals surface area contributed by atoms with Crippen molar-refractivity contribution in [3.63, 3.8) is 0 Å². The molecule has 1 saturated heterocycles. The van der Waals surface area contributed by atoms with Gasteiger partial charge in [0.2, 0.25) is 0 Å². The normalized spacial score (nSPS) is 20.4. The van der Waals surface area contributed by atoms with Crippen molar-refractivity contribution in [2.45, 2.75) is 12.5 Å². The summed E-state index contributed by atoms with van der Waals surface area (Å²) in [5, 5.41) is 7.52. The van der Waals surface area contributed by atoms with E-state index in [4.69, 9.17) is 15.2 Å². The second-order valence-corrected chi connectivity index (χ2v) is 3.72. The Balaban J connectivity index is 1.96. The average Bonchev–Trinajstić information content (AvgIpc) is 2.92. The van der Waals surface area contributed by atoms with E-state index in [1.165, 1.54) is 0 Å². The third-order valence-electron chi connectivity index (χ3n) is 2.59. The number of hydrogen-bond donors (Lipinski definition) is 1. The van der Waals surface area contributed by atoms with Crippen LogP contribution in [0.3, 0.4) is 0 Å². The topological polar surface area (TPSA) is 83.4 Å². The number of fused-ring (bicyclic) bond motifs is 1. The number of nitrogen functional groups attached to an aromatic ring is 1. The minimum absolute atomic E-state index is 0.0727. The fourth-order valence-electron chi connectivity index (χ4n) is 1.74. The van der Waals surface area contributed by atoms with Gasteiger partial charge in [-0.3, -0.25) is 0 Å². The van der Waals surface area contributed by atoms with Gasteiger partial charge in [-0.1, -0.05) is 0 Å². The fraction of sp³-hybridized carbons (Fsp3) is 0.400. The number of ether oxygens (including phenoxy) is 2. The van der Waals surface area contributed by atoms with Crippen molar-refractivity contribution in [1.29, 1.82) is 0 Å². The zero-order valence-electron chi connectivity index (χ0n) is 8.55. The lowest BCUT2D eigenvalue weighted by Gasteiger charge is -2.11. The minimum Gasteiger partial charge on any atom is -0.485 e. The SMILES string of the molecule is Nc1ccc(OC2CCOC2)c2nonc12. The fourth-order valence-corrected chi connectivity index (χ4v) is 1.74. The molecular formula is C10H11N3O3. The van der Waals surface area contributed by atoms with E-state index >= 15 is 0 Å². The van der Waals surface area contributed by atoms with Gasteiger partial charge in [0.1, 0.15) is 6.10 Å². The maximum absolute atomic E-state index is 5.76. The van der Waals surface area contributed by atoms with Gasteiger partial charge in [-0.05, 0) is 22.4 Å². The lowest BCUT2D eigenvalue weighted by atomic mass is 10.2. The van der Waals surface area contributed by atoms with Crippen LogP contribution in [0.15, 0.2) is 16.8 Å². The highest BCUT2D eigenvalue weighted by Gasteiger charge is 2.20. The minimum atomic E-state index is 0.0727. The largest absolute Gasteiger partial charge is 0.485 e. The molecule has 2 aromatic rings. The lowest BCUT2D eigenvalue weighted by Crippen LogP contribution is -2.15. The number of nitrogens with zero attached hydrogens (tertiary/aromatic N) is 2. The first-order valence-electron chi connectivity index (χ1n) is 5.10. The third kappa shape index (κ3) is 1.47. The molecule has 1 aromatic heterocycles. The summed E-state index contributed by atoms with van der Waals surface area (Å²) in [7, 11) is 0. The van der Waals surface area contributed by atoms with Crippen molar-refractivity contribution in [3.8, 4) is 5.75 Å². The summed E-state index contributed by atoms with van der Waals surface area (Å²) in [5.41, 5.74) is 7.37. The highest BCUT2D eigenvalue weighted by molar-refractivity contribution is 5.90. The van der Waals surface area contributed by atoms with E-state index < -0.39 is 0 Å². The van der Waals surface area contributed by atoms with Crippen LogP contribution < -0.4 is 10.5 Å². The van der Waals surface area contributed by atoms with Crippen molar-refractivity contribution in [2.75, 3.05) is 18.9 Å². The van der Waals surface area contributed by atoms with E-state index in [1.807, 2.05) is 0 Å². The molecule has 1 aliphatic heterocycles. The molecule has 6 nitrogen and oxygen atoms in total. The molecule has 0 aliphatic carbocycles. The average molecular weight is 221 g/mol. The first kappa shape index (κ1) is 9.41. The number of anilines is 1. The van der Waals surface area contributed by atoms with Crippen LogP contribution in [0.25, 0.3) is 11.0 Å². The molecule has 1 aromatic carbocycles. The van der Waals surface area contributed by atoms with Crippen LogP contribution in [0, 0.1) is 0 Å². The number of aromatic nitrogens is 2. The Morgan fingerprint density at radius 1 is 1.31 bits per heavy atom. The number of nitrogens with two attached hydrogens (primary N) is 1. The van der Waals surface area contributed by atoms with Gasteiger partial charge in [-0.15, -0.1) is 0 Å². The van der Waals surface area contributed by atoms with Gasteiger partial charge in [0.25, 0.3) is 0 Å². The first-order valence-corrected chi connectivity index (χ1v) is 5.10. The molecule has 2 heterocycles. The van der Waals surface area contributed by atoms with E-state index in [2.05, 4.69) is 14.9 Å². The summed E-state index contributed by atoms with van der Waals surface area (Å²) in [6.45, 7) is 1.34. The zero-order valence-corrected chi connectivity index (χ0v) is 8.55. The molecule has 3 rings (SSSR count). The highest BCUT2D eigenvalue weighted by atomic mass is 16.6. The summed E-state index contributed by atoms with van der Waals surface area (Å²) in [5.74, 6) is 0.640. The second kappa shape index (κ2) is 3.64. The zero-order chi connectivity index (χ0) is 11.0. The Labute approximate surface area is 91.3 Å². The quantitative estimate of drug-likeness (QED) is 0.761. The van der Waals surface area contributed by atoms with Crippen molar-refractivity contribution in [1.82, 2.24) is 10.3 Å². The molecule has 0 amide bonds. The van der Waals surface area contributed by atoms with Crippen LogP contribution in [-0.4, -0.2) is 29.6 Å². The molecule has 1 unspecified atom stereocenters. The Morgan fingerprint density at radius 2 is 2.19 bits per heavy atom. The van der Waals surface area contributed by atoms with Crippen molar-refractivity contribution >= 4 is 16.7 Å². The van der Waals surface area contributed by atoms with Gasteiger partial charge in [0, 0.05) is 6.42 Å². The molecule has 1 atom stereocenters. The van der Waals surface area contributed by atoms with Crippen LogP contribution in [0.5, 0.6) is 5.75 Å². The Hall–Kier alpha value is -1.82. The smallest absolute Gasteiger partial charge is 0.179 e. The van der Waals surface area contributed by atoms with Gasteiger partial charge in [0.15, 0.2) is 16.8 Å². The Bertz CT molecular complexity index is 505. The molecule has 0 bridgehead atoms. The molecule has 0 spiro atoms. The van der Waals surface area contributed by atoms with Gasteiger partial charge >= 0.3 is 0 Å². The van der Waals surface area contributed by atoms with Gasteiger partial charge < -0.3 is 15.2 Å². The summed E-state index contributed by atoms with van der Waals surface area (Å²) in [6, 6.07) is 3.51. The van der Waals surface area contributed by atoms with Gasteiger partial charge in [0.05, 0.1) is 18.9 Å². The monoisotopic (exact) mass is 221 g/mol. The summed E-state index contributed by atoms with van der Waals surface area (Å²) < 4.78 is 15.7. The number of rotatable bonds is 2. The third-order valence-corrected chi connectivity index (χ3v) is 2.59. The molecule has 0 radical (unpaired) electrons. The Kier molecular flexibility index (Phi) is 2.14. The molecular weight excluding hydrogens is 210 g/mol. The highest BCUT2D eigenvalue weighted by Crippen LogP contribution is 2.28. The molecule has 2 N–H and O–H groups in total. The van der Waals surface area contributed by atoms with Crippen molar-refractivity contribution in [3.05, 3.63) is 12.1 Å². The molecule has 0 saturated carbocycles. The Morgan fingerprint density at radius 3 is 3.00 bits per heavy atom. The van der Waals surface area contributed by atoms with Crippen LogP contribution >= 0.6 is 0 Å². The molecule has 84 valence electrons. The van der Waals surface area contributed by atoms with E-state index in [1.54, 1.807) is 12.1 Å². The summed E-state index contributed by atoms with van der Waals surface area (Å²) in [4.78, 5) is 0. The van der Waals surface area contributed by atoms with Gasteiger partial charge in [-0.25, -0.2) is 4.63 Å². The van der Waals surface area contributed by atoms with E-state index in [0.29, 0.717) is 29.1 Å². The van der Waals surface area contributed by atoms with Crippen LogP contribution in [0.1, 0.15) is 6.42 Å². The first-order chi connectivity index (χ1) is 7.84. The lowest BCUT2D eigenvalue weighted by molar-refractivity contribution is 0.142. The van der Waals surface area contributed by atoms with Crippen LogP contribution in [-0.2, 0) is 4.74 Å². The molecule has 1 fully saturated rings. The number of benzene rings is 1. The van der Waals surface area contributed by atoms with Crippen molar-refractivity contribution in [2.24, 2.45) is 0 Å². The standard InChI is InChI=1S/C10H11N3O3/c11-7-1-2-8(10-9(7)12-16-13-10)15-6-3-4-14-5-6/h1-2,6H,3-5,11H2. The number of hydrogen-bond acceptors (Lipinski definition) is 6. The second-order valence-electron chi connectivity index (χ2n) is 3.72. The summed E-state index contributed by atoms with van der Waals surface area (Å²) in [6.07, 6.45) is 0.959. The van der Waals surface area contributed by atoms with Crippen LogP contribution in [0.2, 0.25) is 0 Å². The predicted octanol–water partition coefficient (Wildman–Crippen LogP) is 0.973. The molecule has 6 heteroatoms. The maximum Gasteiger partial charge on any atom is 0.179 e. The predicted molar refractivity (Wildman–Crippen MR) is 56.1 cm³/mol. The van der Waals surface area contributed by atoms with Gasteiger partial charge in [-0.2, -0.15) is 0 Å². The van der Waals surface area contributed by atoms with E-state index in [-0.39, 0.29) is 6.10 Å². The summed E-state index contributed by atoms with van der Waals surface area (Å²) >= 11 is 0. The maximum atomic E-state index is 5.76. The molecule has 1 aliphatic rings. The molecule has 16 heavy (non-hydrogen) atoms. The van der Waals surface area contributed by atoms with E-state index in [9.17, 15) is 0 Å². The van der Waals surface area contributed by atoms with E-state index in [0.717, 1.165) is 13.0 Å².